The second-order valence-electron chi connectivity index (χ2n) is 8.74. The van der Waals surface area contributed by atoms with E-state index >= 15 is 0 Å². The first kappa shape index (κ1) is 20.7. The van der Waals surface area contributed by atoms with Gasteiger partial charge in [-0.15, -0.1) is 0 Å². The quantitative estimate of drug-likeness (QED) is 0.515. The number of rotatable bonds is 3. The number of thioether (sulfide) groups is 1. The summed E-state index contributed by atoms with van der Waals surface area (Å²) in [7, 11) is 0. The number of nitrogens with zero attached hydrogens (tertiary/aromatic N) is 4. The molecule has 8 heteroatoms. The van der Waals surface area contributed by atoms with Crippen LogP contribution in [0.15, 0.2) is 34.1 Å². The van der Waals surface area contributed by atoms with E-state index in [1.54, 1.807) is 21.6 Å². The van der Waals surface area contributed by atoms with Gasteiger partial charge in [0.1, 0.15) is 15.8 Å². The van der Waals surface area contributed by atoms with E-state index in [2.05, 4.69) is 11.8 Å². The van der Waals surface area contributed by atoms with E-state index in [1.807, 2.05) is 18.2 Å². The molecule has 2 saturated heterocycles. The summed E-state index contributed by atoms with van der Waals surface area (Å²) in [6.45, 7) is 3.98. The molecule has 0 radical (unpaired) electrons. The van der Waals surface area contributed by atoms with Gasteiger partial charge in [0.2, 0.25) is 0 Å². The standard InChI is InChI=1S/C23H26N4O2S2/c1-15-9-12-25(13-10-15)20-17(21(28)26-11-5-4-8-19(26)24-20)14-18-22(29)27(23(30)31-18)16-6-2-3-7-16/h4-5,8,11,14-16H,2-3,6-7,9-10,12-13H2,1H3. The zero-order valence-corrected chi connectivity index (χ0v) is 19.3. The highest BCUT2D eigenvalue weighted by atomic mass is 32.2. The predicted molar refractivity (Wildman–Crippen MR) is 129 cm³/mol. The number of anilines is 1. The Kier molecular flexibility index (Phi) is 5.60. The second-order valence-corrected chi connectivity index (χ2v) is 10.4. The van der Waals surface area contributed by atoms with Crippen molar-refractivity contribution in [3.63, 3.8) is 0 Å². The monoisotopic (exact) mass is 454 g/mol. The highest BCUT2D eigenvalue weighted by Crippen LogP contribution is 2.38. The third kappa shape index (κ3) is 3.80. The van der Waals surface area contributed by atoms with Gasteiger partial charge in [0.15, 0.2) is 0 Å². The molecule has 0 bridgehead atoms. The summed E-state index contributed by atoms with van der Waals surface area (Å²) < 4.78 is 2.16. The van der Waals surface area contributed by atoms with Crippen LogP contribution >= 0.6 is 24.0 Å². The fourth-order valence-electron chi connectivity index (χ4n) is 4.77. The molecule has 0 atom stereocenters. The molecule has 31 heavy (non-hydrogen) atoms. The molecular formula is C23H26N4O2S2. The Hall–Kier alpha value is -2.19. The number of aromatic nitrogens is 2. The Bertz CT molecular complexity index is 1130. The van der Waals surface area contributed by atoms with Gasteiger partial charge in [0.05, 0.1) is 10.5 Å². The first-order valence-corrected chi connectivity index (χ1v) is 12.3. The Morgan fingerprint density at radius 3 is 2.61 bits per heavy atom. The molecule has 0 spiro atoms. The summed E-state index contributed by atoms with van der Waals surface area (Å²) in [5, 5.41) is 0. The van der Waals surface area contributed by atoms with Crippen molar-refractivity contribution in [3.8, 4) is 0 Å². The van der Waals surface area contributed by atoms with Crippen LogP contribution in [-0.4, -0.2) is 43.6 Å². The van der Waals surface area contributed by atoms with E-state index < -0.39 is 0 Å². The van der Waals surface area contributed by atoms with Crippen LogP contribution in [0.4, 0.5) is 5.82 Å². The highest BCUT2D eigenvalue weighted by molar-refractivity contribution is 8.26. The lowest BCUT2D eigenvalue weighted by Crippen LogP contribution is -2.37. The van der Waals surface area contributed by atoms with Crippen molar-refractivity contribution in [2.24, 2.45) is 5.92 Å². The first-order valence-electron chi connectivity index (χ1n) is 11.1. The summed E-state index contributed by atoms with van der Waals surface area (Å²) in [6.07, 6.45) is 9.86. The van der Waals surface area contributed by atoms with E-state index in [-0.39, 0.29) is 17.5 Å². The smallest absolute Gasteiger partial charge is 0.267 e. The van der Waals surface area contributed by atoms with Crippen molar-refractivity contribution in [2.45, 2.75) is 51.5 Å². The average Bonchev–Trinajstić information content (AvgIpc) is 3.38. The van der Waals surface area contributed by atoms with Gasteiger partial charge in [-0.25, -0.2) is 4.98 Å². The third-order valence-corrected chi connectivity index (χ3v) is 7.95. The van der Waals surface area contributed by atoms with Crippen LogP contribution in [0.2, 0.25) is 0 Å². The molecule has 0 unspecified atom stereocenters. The number of piperidine rings is 1. The van der Waals surface area contributed by atoms with Crippen molar-refractivity contribution in [3.05, 3.63) is 45.2 Å². The van der Waals surface area contributed by atoms with Gasteiger partial charge in [-0.1, -0.05) is 49.8 Å². The zero-order valence-electron chi connectivity index (χ0n) is 17.6. The first-order chi connectivity index (χ1) is 15.0. The molecule has 0 aromatic carbocycles. The lowest BCUT2D eigenvalue weighted by atomic mass is 9.99. The fourth-order valence-corrected chi connectivity index (χ4v) is 6.15. The molecule has 5 rings (SSSR count). The number of amides is 1. The minimum Gasteiger partial charge on any atom is -0.356 e. The molecule has 3 aliphatic rings. The van der Waals surface area contributed by atoms with Crippen LogP contribution in [-0.2, 0) is 4.79 Å². The second kappa shape index (κ2) is 8.39. The number of fused-ring (bicyclic) bond motifs is 1. The lowest BCUT2D eigenvalue weighted by Gasteiger charge is -2.32. The number of carbonyl (C=O) groups excluding carboxylic acids is 1. The molecule has 2 aromatic rings. The van der Waals surface area contributed by atoms with Crippen molar-refractivity contribution >= 4 is 51.7 Å². The molecule has 1 amide bonds. The Labute approximate surface area is 191 Å². The molecule has 1 aliphatic carbocycles. The number of thiocarbonyl (C=S) groups is 1. The number of hydrogen-bond donors (Lipinski definition) is 0. The SMILES string of the molecule is CC1CCN(c2nc3ccccn3c(=O)c2C=C2SC(=S)N(C3CCCC3)C2=O)CC1. The maximum Gasteiger partial charge on any atom is 0.267 e. The average molecular weight is 455 g/mol. The normalized spacial score (nSPS) is 22.4. The van der Waals surface area contributed by atoms with Crippen LogP contribution in [0.5, 0.6) is 0 Å². The molecule has 1 saturated carbocycles. The summed E-state index contributed by atoms with van der Waals surface area (Å²) >= 11 is 6.85. The minimum absolute atomic E-state index is 0.0716. The van der Waals surface area contributed by atoms with Crippen LogP contribution in [0.3, 0.4) is 0 Å². The van der Waals surface area contributed by atoms with Gasteiger partial charge >= 0.3 is 0 Å². The Balaban J connectivity index is 1.59. The molecule has 0 N–H and O–H groups in total. The van der Waals surface area contributed by atoms with Gasteiger partial charge in [-0.3, -0.25) is 18.9 Å². The van der Waals surface area contributed by atoms with Gasteiger partial charge in [0, 0.05) is 25.3 Å². The van der Waals surface area contributed by atoms with Gasteiger partial charge in [0.25, 0.3) is 11.5 Å². The van der Waals surface area contributed by atoms with Crippen LogP contribution in [0.1, 0.15) is 51.0 Å². The minimum atomic E-state index is -0.148. The van der Waals surface area contributed by atoms with E-state index in [9.17, 15) is 9.59 Å². The van der Waals surface area contributed by atoms with Crippen LogP contribution < -0.4 is 10.5 Å². The zero-order chi connectivity index (χ0) is 21.5. The van der Waals surface area contributed by atoms with Crippen LogP contribution in [0.25, 0.3) is 11.7 Å². The summed E-state index contributed by atoms with van der Waals surface area (Å²) in [4.78, 5) is 36.0. The molecule has 2 aliphatic heterocycles. The van der Waals surface area contributed by atoms with Crippen molar-refractivity contribution in [2.75, 3.05) is 18.0 Å². The van der Waals surface area contributed by atoms with E-state index in [1.165, 1.54) is 11.8 Å². The van der Waals surface area contributed by atoms with Crippen molar-refractivity contribution < 1.29 is 4.79 Å². The maximum atomic E-state index is 13.5. The maximum absolute atomic E-state index is 13.5. The molecule has 162 valence electrons. The lowest BCUT2D eigenvalue weighted by molar-refractivity contribution is -0.123. The fraction of sp³-hybridized carbons (Fsp3) is 0.478. The molecular weight excluding hydrogens is 428 g/mol. The topological polar surface area (TPSA) is 57.9 Å². The summed E-state index contributed by atoms with van der Waals surface area (Å²) in [6, 6.07) is 5.75. The number of hydrogen-bond acceptors (Lipinski definition) is 6. The van der Waals surface area contributed by atoms with E-state index in [0.717, 1.165) is 51.6 Å². The largest absolute Gasteiger partial charge is 0.356 e. The summed E-state index contributed by atoms with van der Waals surface area (Å²) in [5.41, 5.74) is 0.951. The third-order valence-electron chi connectivity index (χ3n) is 6.62. The van der Waals surface area contributed by atoms with E-state index in [0.29, 0.717) is 32.2 Å². The van der Waals surface area contributed by atoms with Gasteiger partial charge < -0.3 is 4.90 Å². The number of carbonyl (C=O) groups is 1. The highest BCUT2D eigenvalue weighted by Gasteiger charge is 2.38. The molecule has 6 nitrogen and oxygen atoms in total. The molecule has 2 aromatic heterocycles. The van der Waals surface area contributed by atoms with Crippen LogP contribution in [0, 0.1) is 5.92 Å². The van der Waals surface area contributed by atoms with Crippen molar-refractivity contribution in [1.82, 2.24) is 14.3 Å². The number of pyridine rings is 1. The van der Waals surface area contributed by atoms with Crippen molar-refractivity contribution in [1.29, 1.82) is 0 Å². The van der Waals surface area contributed by atoms with E-state index in [4.69, 9.17) is 17.2 Å². The van der Waals surface area contributed by atoms with Gasteiger partial charge in [-0.05, 0) is 49.8 Å². The summed E-state index contributed by atoms with van der Waals surface area (Å²) in [5.74, 6) is 1.27. The van der Waals surface area contributed by atoms with Gasteiger partial charge in [-0.2, -0.15) is 0 Å². The Morgan fingerprint density at radius 2 is 1.87 bits per heavy atom. The molecule has 4 heterocycles. The molecule has 3 fully saturated rings. The Morgan fingerprint density at radius 1 is 1.13 bits per heavy atom. The predicted octanol–water partition coefficient (Wildman–Crippen LogP) is 4.07.